The second-order valence-corrected chi connectivity index (χ2v) is 3.74. The molecule has 3 heteroatoms. The summed E-state index contributed by atoms with van der Waals surface area (Å²) < 4.78 is 0. The Morgan fingerprint density at radius 2 is 2.25 bits per heavy atom. The highest BCUT2D eigenvalue weighted by molar-refractivity contribution is 6.00. The van der Waals surface area contributed by atoms with E-state index in [-0.39, 0.29) is 0 Å². The Balaban J connectivity index is 2.60. The molecule has 0 aliphatic heterocycles. The predicted molar refractivity (Wildman–Crippen MR) is 69.6 cm³/mol. The molecule has 3 nitrogen and oxygen atoms in total. The van der Waals surface area contributed by atoms with Gasteiger partial charge >= 0.3 is 0 Å². The van der Waals surface area contributed by atoms with Gasteiger partial charge in [0.05, 0.1) is 0 Å². The Kier molecular flexibility index (Phi) is 2.77. The fourth-order valence-corrected chi connectivity index (χ4v) is 1.70. The molecule has 0 atom stereocenters. The average molecular weight is 213 g/mol. The topological polar surface area (TPSA) is 50.9 Å². The Morgan fingerprint density at radius 1 is 1.44 bits per heavy atom. The Labute approximate surface area is 95.0 Å². The van der Waals surface area contributed by atoms with E-state index in [4.69, 9.17) is 5.73 Å². The van der Waals surface area contributed by atoms with Crippen LogP contribution in [0.2, 0.25) is 0 Å². The van der Waals surface area contributed by atoms with Gasteiger partial charge in [0.1, 0.15) is 0 Å². The van der Waals surface area contributed by atoms with Gasteiger partial charge in [-0.15, -0.1) is 6.58 Å². The van der Waals surface area contributed by atoms with Crippen LogP contribution in [0.25, 0.3) is 10.8 Å². The van der Waals surface area contributed by atoms with Crippen LogP contribution in [0.5, 0.6) is 0 Å². The summed E-state index contributed by atoms with van der Waals surface area (Å²) in [4.78, 5) is 4.26. The lowest BCUT2D eigenvalue weighted by atomic mass is 10.1. The minimum Gasteiger partial charge on any atom is -0.398 e. The van der Waals surface area contributed by atoms with E-state index in [0.29, 0.717) is 0 Å². The van der Waals surface area contributed by atoms with Crippen LogP contribution in [0.1, 0.15) is 5.69 Å². The minimum atomic E-state index is 0.736. The van der Waals surface area contributed by atoms with Gasteiger partial charge in [-0.05, 0) is 25.1 Å². The molecule has 1 aromatic carbocycles. The smallest absolute Gasteiger partial charge is 0.0425 e. The van der Waals surface area contributed by atoms with Crippen molar-refractivity contribution in [1.82, 2.24) is 4.98 Å². The van der Waals surface area contributed by atoms with Gasteiger partial charge in [-0.1, -0.05) is 6.08 Å². The van der Waals surface area contributed by atoms with Gasteiger partial charge in [0.15, 0.2) is 0 Å². The molecular weight excluding hydrogens is 198 g/mol. The normalized spacial score (nSPS) is 10.3. The molecule has 0 saturated heterocycles. The molecule has 0 saturated carbocycles. The second kappa shape index (κ2) is 4.23. The van der Waals surface area contributed by atoms with Crippen molar-refractivity contribution in [2.45, 2.75) is 6.92 Å². The maximum atomic E-state index is 5.92. The maximum absolute atomic E-state index is 5.92. The number of nitrogen functional groups attached to an aromatic ring is 1. The van der Waals surface area contributed by atoms with Crippen molar-refractivity contribution in [3.8, 4) is 0 Å². The number of benzene rings is 1. The van der Waals surface area contributed by atoms with E-state index in [9.17, 15) is 0 Å². The molecule has 82 valence electrons. The van der Waals surface area contributed by atoms with Crippen molar-refractivity contribution < 1.29 is 0 Å². The van der Waals surface area contributed by atoms with Crippen molar-refractivity contribution >= 4 is 22.1 Å². The van der Waals surface area contributed by atoms with E-state index in [2.05, 4.69) is 16.9 Å². The van der Waals surface area contributed by atoms with Crippen LogP contribution in [0.4, 0.5) is 11.4 Å². The fourth-order valence-electron chi connectivity index (χ4n) is 1.70. The van der Waals surface area contributed by atoms with Crippen LogP contribution in [0.15, 0.2) is 37.1 Å². The number of hydrogen-bond donors (Lipinski definition) is 2. The molecule has 0 aliphatic rings. The van der Waals surface area contributed by atoms with Gasteiger partial charge in [-0.3, -0.25) is 4.98 Å². The van der Waals surface area contributed by atoms with Gasteiger partial charge in [-0.25, -0.2) is 0 Å². The van der Waals surface area contributed by atoms with Crippen LogP contribution in [0, 0.1) is 6.92 Å². The Bertz CT molecular complexity index is 532. The number of fused-ring (bicyclic) bond motifs is 1. The molecular formula is C13H15N3. The maximum Gasteiger partial charge on any atom is 0.0425 e. The number of aryl methyl sites for hydroxylation is 1. The number of nitrogens with one attached hydrogen (secondary N) is 1. The number of pyridine rings is 1. The average Bonchev–Trinajstić information content (AvgIpc) is 2.28. The first-order valence-corrected chi connectivity index (χ1v) is 5.22. The van der Waals surface area contributed by atoms with Crippen LogP contribution < -0.4 is 11.1 Å². The number of aromatic nitrogens is 1. The van der Waals surface area contributed by atoms with Crippen molar-refractivity contribution in [3.63, 3.8) is 0 Å². The van der Waals surface area contributed by atoms with Crippen LogP contribution in [-0.2, 0) is 0 Å². The van der Waals surface area contributed by atoms with Crippen molar-refractivity contribution in [3.05, 3.63) is 42.7 Å². The Hall–Kier alpha value is -2.03. The van der Waals surface area contributed by atoms with Gasteiger partial charge < -0.3 is 11.1 Å². The molecule has 2 aromatic rings. The molecule has 3 N–H and O–H groups in total. The molecule has 0 radical (unpaired) electrons. The summed E-state index contributed by atoms with van der Waals surface area (Å²) in [5, 5.41) is 5.38. The van der Waals surface area contributed by atoms with Crippen molar-refractivity contribution in [1.29, 1.82) is 0 Å². The highest BCUT2D eigenvalue weighted by atomic mass is 14.9. The number of nitrogens with zero attached hydrogens (tertiary/aromatic N) is 1. The molecule has 16 heavy (non-hydrogen) atoms. The zero-order chi connectivity index (χ0) is 11.5. The zero-order valence-electron chi connectivity index (χ0n) is 9.33. The zero-order valence-corrected chi connectivity index (χ0v) is 9.33. The van der Waals surface area contributed by atoms with Crippen LogP contribution >= 0.6 is 0 Å². The summed E-state index contributed by atoms with van der Waals surface area (Å²) in [7, 11) is 0. The summed E-state index contributed by atoms with van der Waals surface area (Å²) in [5.41, 5.74) is 8.72. The van der Waals surface area contributed by atoms with E-state index < -0.39 is 0 Å². The lowest BCUT2D eigenvalue weighted by molar-refractivity contribution is 1.22. The van der Waals surface area contributed by atoms with Crippen molar-refractivity contribution in [2.75, 3.05) is 17.6 Å². The summed E-state index contributed by atoms with van der Waals surface area (Å²) in [6, 6.07) is 5.92. The molecule has 1 aromatic heterocycles. The third-order valence-corrected chi connectivity index (χ3v) is 2.51. The first kappa shape index (κ1) is 10.5. The first-order valence-electron chi connectivity index (χ1n) is 5.22. The quantitative estimate of drug-likeness (QED) is 0.609. The highest BCUT2D eigenvalue weighted by Crippen LogP contribution is 2.28. The molecule has 2 rings (SSSR count). The molecule has 0 spiro atoms. The number of hydrogen-bond acceptors (Lipinski definition) is 3. The van der Waals surface area contributed by atoms with Gasteiger partial charge in [0.2, 0.25) is 0 Å². The van der Waals surface area contributed by atoms with E-state index in [1.807, 2.05) is 37.4 Å². The fraction of sp³-hybridized carbons (Fsp3) is 0.154. The lowest BCUT2D eigenvalue weighted by Gasteiger charge is -2.10. The van der Waals surface area contributed by atoms with Gasteiger partial charge in [0.25, 0.3) is 0 Å². The molecule has 0 unspecified atom stereocenters. The predicted octanol–water partition coefficient (Wildman–Crippen LogP) is 2.72. The summed E-state index contributed by atoms with van der Waals surface area (Å²) in [6.07, 6.45) is 3.65. The van der Waals surface area contributed by atoms with E-state index in [1.165, 1.54) is 0 Å². The van der Waals surface area contributed by atoms with Gasteiger partial charge in [0, 0.05) is 40.6 Å². The molecule has 1 heterocycles. The molecule has 0 amide bonds. The third-order valence-electron chi connectivity index (χ3n) is 2.51. The van der Waals surface area contributed by atoms with Crippen molar-refractivity contribution in [2.24, 2.45) is 0 Å². The largest absolute Gasteiger partial charge is 0.398 e. The highest BCUT2D eigenvalue weighted by Gasteiger charge is 2.04. The monoisotopic (exact) mass is 213 g/mol. The van der Waals surface area contributed by atoms with Crippen LogP contribution in [0.3, 0.4) is 0 Å². The minimum absolute atomic E-state index is 0.736. The summed E-state index contributed by atoms with van der Waals surface area (Å²) >= 11 is 0. The lowest BCUT2D eigenvalue weighted by Crippen LogP contribution is -2.00. The second-order valence-electron chi connectivity index (χ2n) is 3.74. The van der Waals surface area contributed by atoms with Crippen LogP contribution in [-0.4, -0.2) is 11.5 Å². The molecule has 0 bridgehead atoms. The number of rotatable bonds is 3. The van der Waals surface area contributed by atoms with E-state index >= 15 is 0 Å². The third kappa shape index (κ3) is 1.84. The number of nitrogens with two attached hydrogens (primary N) is 1. The summed E-state index contributed by atoms with van der Waals surface area (Å²) in [6.45, 7) is 6.40. The van der Waals surface area contributed by atoms with E-state index in [1.54, 1.807) is 0 Å². The van der Waals surface area contributed by atoms with E-state index in [0.717, 1.165) is 34.4 Å². The first-order chi connectivity index (χ1) is 7.72. The SMILES string of the molecule is C=CCNc1ccc(N)c2cnc(C)cc12. The number of anilines is 2. The molecule has 0 aliphatic carbocycles. The Morgan fingerprint density at radius 3 is 3.00 bits per heavy atom. The van der Waals surface area contributed by atoms with Gasteiger partial charge in [-0.2, -0.15) is 0 Å². The molecule has 0 fully saturated rings. The summed E-state index contributed by atoms with van der Waals surface area (Å²) in [5.74, 6) is 0. The standard InChI is InChI=1S/C13H15N3/c1-3-6-15-13-5-4-12(14)11-8-16-9(2)7-10(11)13/h3-5,7-8,15H,1,6,14H2,2H3.